The number of carbonyl (C=O) groups is 2. The van der Waals surface area contributed by atoms with Gasteiger partial charge in [0.15, 0.2) is 5.78 Å². The fourth-order valence-electron chi connectivity index (χ4n) is 3.95. The smallest absolute Gasteiger partial charge is 0.248 e. The van der Waals surface area contributed by atoms with E-state index in [-0.39, 0.29) is 11.7 Å². The molecule has 1 N–H and O–H groups in total. The molecule has 6 heteroatoms. The van der Waals surface area contributed by atoms with E-state index < -0.39 is 0 Å². The SMILES string of the molecule is O=C(/C=C/c1cn(-c2ccccc2)nc1-c1ccccc1)Nc1ccc(C(=O)/C=C/c2ccc(Cl)cc2)cc1. The Labute approximate surface area is 231 Å². The van der Waals surface area contributed by atoms with Crippen LogP contribution in [-0.2, 0) is 4.79 Å². The van der Waals surface area contributed by atoms with E-state index in [1.54, 1.807) is 53.2 Å². The van der Waals surface area contributed by atoms with E-state index in [0.29, 0.717) is 16.3 Å². The van der Waals surface area contributed by atoms with Gasteiger partial charge in [0.1, 0.15) is 0 Å². The third-order valence-corrected chi connectivity index (χ3v) is 6.21. The molecule has 5 nitrogen and oxygen atoms in total. The summed E-state index contributed by atoms with van der Waals surface area (Å²) < 4.78 is 1.80. The highest BCUT2D eigenvalue weighted by atomic mass is 35.5. The molecule has 0 aliphatic carbocycles. The van der Waals surface area contributed by atoms with Gasteiger partial charge in [-0.25, -0.2) is 4.68 Å². The van der Waals surface area contributed by atoms with E-state index >= 15 is 0 Å². The first-order chi connectivity index (χ1) is 19.0. The molecule has 0 bridgehead atoms. The molecule has 5 aromatic rings. The molecule has 0 unspecified atom stereocenters. The third kappa shape index (κ3) is 6.66. The quantitative estimate of drug-likeness (QED) is 0.165. The van der Waals surface area contributed by atoms with Gasteiger partial charge in [-0.3, -0.25) is 9.59 Å². The number of nitrogens with one attached hydrogen (secondary N) is 1. The highest BCUT2D eigenvalue weighted by molar-refractivity contribution is 6.30. The molecule has 0 atom stereocenters. The van der Waals surface area contributed by atoms with Crippen LogP contribution >= 0.6 is 11.6 Å². The van der Waals surface area contributed by atoms with E-state index in [9.17, 15) is 9.59 Å². The minimum absolute atomic E-state index is 0.133. The van der Waals surface area contributed by atoms with Crippen LogP contribution in [0.1, 0.15) is 21.5 Å². The molecular formula is C33H24ClN3O2. The summed E-state index contributed by atoms with van der Waals surface area (Å²) in [6, 6.07) is 33.7. The maximum Gasteiger partial charge on any atom is 0.248 e. The topological polar surface area (TPSA) is 64.0 Å². The molecule has 1 amide bonds. The van der Waals surface area contributed by atoms with Gasteiger partial charge in [0.2, 0.25) is 5.91 Å². The lowest BCUT2D eigenvalue weighted by Crippen LogP contribution is -2.07. The van der Waals surface area contributed by atoms with Crippen molar-refractivity contribution in [3.05, 3.63) is 149 Å². The standard InChI is InChI=1S/C33H24ClN3O2/c34-28-17-11-24(12-18-28)13-21-31(38)25-14-19-29(20-15-25)35-32(39)22-16-27-23-37(30-9-5-2-6-10-30)36-33(27)26-7-3-1-4-8-26/h1-23H,(H,35,39)/b21-13+,22-16+. The molecule has 0 spiro atoms. The molecule has 39 heavy (non-hydrogen) atoms. The number of carbonyl (C=O) groups excluding carboxylic acids is 2. The Morgan fingerprint density at radius 1 is 0.744 bits per heavy atom. The number of ketones is 1. The zero-order chi connectivity index (χ0) is 27.0. The van der Waals surface area contributed by atoms with Crippen molar-refractivity contribution in [1.29, 1.82) is 0 Å². The minimum Gasteiger partial charge on any atom is -0.323 e. The third-order valence-electron chi connectivity index (χ3n) is 5.96. The minimum atomic E-state index is -0.289. The van der Waals surface area contributed by atoms with Crippen molar-refractivity contribution in [2.75, 3.05) is 5.32 Å². The van der Waals surface area contributed by atoms with E-state index in [0.717, 1.165) is 28.1 Å². The second kappa shape index (κ2) is 12.0. The first-order valence-corrected chi connectivity index (χ1v) is 12.7. The van der Waals surface area contributed by atoms with Gasteiger partial charge in [-0.1, -0.05) is 78.3 Å². The number of halogens is 1. The Morgan fingerprint density at radius 2 is 1.41 bits per heavy atom. The normalized spacial score (nSPS) is 11.2. The predicted molar refractivity (Wildman–Crippen MR) is 158 cm³/mol. The molecule has 0 aliphatic rings. The van der Waals surface area contributed by atoms with Crippen LogP contribution in [-0.4, -0.2) is 21.5 Å². The molecule has 190 valence electrons. The number of para-hydroxylation sites is 1. The summed E-state index contributed by atoms with van der Waals surface area (Å²) in [5.74, 6) is -0.422. The maximum absolute atomic E-state index is 12.7. The molecule has 0 saturated heterocycles. The number of hydrogen-bond acceptors (Lipinski definition) is 3. The van der Waals surface area contributed by atoms with Gasteiger partial charge in [0.05, 0.1) is 11.4 Å². The van der Waals surface area contributed by atoms with E-state index in [2.05, 4.69) is 5.32 Å². The second-order valence-electron chi connectivity index (χ2n) is 8.73. The molecule has 4 aromatic carbocycles. The van der Waals surface area contributed by atoms with E-state index in [1.165, 1.54) is 12.2 Å². The molecule has 0 radical (unpaired) electrons. The van der Waals surface area contributed by atoms with Crippen molar-refractivity contribution < 1.29 is 9.59 Å². The zero-order valence-electron chi connectivity index (χ0n) is 20.9. The molecule has 0 fully saturated rings. The number of hydrogen-bond donors (Lipinski definition) is 1. The Bertz CT molecular complexity index is 1640. The van der Waals surface area contributed by atoms with Crippen LogP contribution in [0.15, 0.2) is 128 Å². The van der Waals surface area contributed by atoms with Crippen molar-refractivity contribution >= 4 is 41.1 Å². The monoisotopic (exact) mass is 529 g/mol. The molecular weight excluding hydrogens is 506 g/mol. The maximum atomic E-state index is 12.7. The van der Waals surface area contributed by atoms with Crippen LogP contribution < -0.4 is 5.32 Å². The average molecular weight is 530 g/mol. The van der Waals surface area contributed by atoms with Crippen LogP contribution in [0.3, 0.4) is 0 Å². The highest BCUT2D eigenvalue weighted by Crippen LogP contribution is 2.25. The van der Waals surface area contributed by atoms with E-state index in [4.69, 9.17) is 16.7 Å². The van der Waals surface area contributed by atoms with Gasteiger partial charge in [-0.05, 0) is 66.2 Å². The van der Waals surface area contributed by atoms with Crippen molar-refractivity contribution in [3.63, 3.8) is 0 Å². The Balaban J connectivity index is 1.27. The predicted octanol–water partition coefficient (Wildman–Crippen LogP) is 7.74. The number of benzene rings is 4. The summed E-state index contributed by atoms with van der Waals surface area (Å²) >= 11 is 5.90. The van der Waals surface area contributed by atoms with Crippen LogP contribution in [0.5, 0.6) is 0 Å². The number of aromatic nitrogens is 2. The van der Waals surface area contributed by atoms with Crippen LogP contribution in [0.4, 0.5) is 5.69 Å². The molecule has 1 aromatic heterocycles. The van der Waals surface area contributed by atoms with Gasteiger partial charge < -0.3 is 5.32 Å². The first kappa shape index (κ1) is 25.6. The Morgan fingerprint density at radius 3 is 2.10 bits per heavy atom. The summed E-state index contributed by atoms with van der Waals surface area (Å²) in [6.45, 7) is 0. The summed E-state index contributed by atoms with van der Waals surface area (Å²) in [5.41, 5.74) is 5.47. The molecule has 1 heterocycles. The van der Waals surface area contributed by atoms with Crippen molar-refractivity contribution in [2.24, 2.45) is 0 Å². The fraction of sp³-hybridized carbons (Fsp3) is 0. The van der Waals surface area contributed by atoms with Crippen LogP contribution in [0.25, 0.3) is 29.1 Å². The molecule has 0 aliphatic heterocycles. The summed E-state index contributed by atoms with van der Waals surface area (Å²) in [5, 5.41) is 8.26. The Hall–Kier alpha value is -5.00. The zero-order valence-corrected chi connectivity index (χ0v) is 21.6. The fourth-order valence-corrected chi connectivity index (χ4v) is 4.08. The average Bonchev–Trinajstić information content (AvgIpc) is 3.41. The number of amides is 1. The highest BCUT2D eigenvalue weighted by Gasteiger charge is 2.11. The number of nitrogens with zero attached hydrogens (tertiary/aromatic N) is 2. The number of anilines is 1. The van der Waals surface area contributed by atoms with Crippen molar-refractivity contribution in [3.8, 4) is 16.9 Å². The number of allylic oxidation sites excluding steroid dienone is 1. The van der Waals surface area contributed by atoms with Gasteiger partial charge in [-0.2, -0.15) is 5.10 Å². The largest absolute Gasteiger partial charge is 0.323 e. The van der Waals surface area contributed by atoms with Crippen LogP contribution in [0.2, 0.25) is 5.02 Å². The van der Waals surface area contributed by atoms with E-state index in [1.807, 2.05) is 79.0 Å². The lowest BCUT2D eigenvalue weighted by molar-refractivity contribution is -0.111. The lowest BCUT2D eigenvalue weighted by atomic mass is 10.1. The lowest BCUT2D eigenvalue weighted by Gasteiger charge is -2.03. The van der Waals surface area contributed by atoms with Crippen molar-refractivity contribution in [1.82, 2.24) is 9.78 Å². The summed E-state index contributed by atoms with van der Waals surface area (Å²) in [7, 11) is 0. The molecule has 0 saturated carbocycles. The molecule has 5 rings (SSSR count). The van der Waals surface area contributed by atoms with Gasteiger partial charge in [0.25, 0.3) is 0 Å². The second-order valence-corrected chi connectivity index (χ2v) is 9.16. The van der Waals surface area contributed by atoms with Gasteiger partial charge in [-0.15, -0.1) is 0 Å². The first-order valence-electron chi connectivity index (χ1n) is 12.3. The summed E-state index contributed by atoms with van der Waals surface area (Å²) in [4.78, 5) is 25.2. The number of rotatable bonds is 8. The van der Waals surface area contributed by atoms with Crippen molar-refractivity contribution in [2.45, 2.75) is 0 Å². The Kier molecular flexibility index (Phi) is 7.91. The summed E-state index contributed by atoms with van der Waals surface area (Å²) in [6.07, 6.45) is 8.39. The van der Waals surface area contributed by atoms with Gasteiger partial charge >= 0.3 is 0 Å². The van der Waals surface area contributed by atoms with Gasteiger partial charge in [0, 0.05) is 39.7 Å². The van der Waals surface area contributed by atoms with Crippen LogP contribution in [0, 0.1) is 0 Å².